The van der Waals surface area contributed by atoms with Gasteiger partial charge < -0.3 is 5.32 Å². The third-order valence-electron chi connectivity index (χ3n) is 3.82. The summed E-state index contributed by atoms with van der Waals surface area (Å²) in [6, 6.07) is 0.543. The lowest BCUT2D eigenvalue weighted by molar-refractivity contribution is 0.402. The first-order valence-corrected chi connectivity index (χ1v) is 9.76. The molecular formula is C13H22N4O2S2. The van der Waals surface area contributed by atoms with Crippen molar-refractivity contribution in [1.82, 2.24) is 19.8 Å². The minimum absolute atomic E-state index is 0.252. The van der Waals surface area contributed by atoms with Gasteiger partial charge in [0, 0.05) is 41.7 Å². The van der Waals surface area contributed by atoms with E-state index in [1.54, 1.807) is 10.5 Å². The molecule has 0 aromatic carbocycles. The van der Waals surface area contributed by atoms with Crippen LogP contribution < -0.4 is 5.32 Å². The topological polar surface area (TPSA) is 78.1 Å². The van der Waals surface area contributed by atoms with E-state index >= 15 is 0 Å². The smallest absolute Gasteiger partial charge is 0.260 e. The first-order valence-electron chi connectivity index (χ1n) is 7.38. The summed E-state index contributed by atoms with van der Waals surface area (Å²) in [5.74, 6) is 0. The maximum Gasteiger partial charge on any atom is 0.260 e. The van der Waals surface area contributed by atoms with Crippen molar-refractivity contribution in [3.05, 3.63) is 11.8 Å². The molecule has 1 aliphatic heterocycles. The van der Waals surface area contributed by atoms with Gasteiger partial charge in [0.2, 0.25) is 0 Å². The Bertz CT molecular complexity index is 587. The molecule has 118 valence electrons. The lowest BCUT2D eigenvalue weighted by atomic mass is 10.3. The Labute approximate surface area is 130 Å². The standard InChI is InChI=1S/C13H22N4O2S2/c1-9-7-17(8-10(2)20-9)21(18,19)13-11(6-15-16-13)5-14-12-3-4-12/h6,9-10,12,14H,3-5,7-8H2,1-2H3,(H,15,16). The van der Waals surface area contributed by atoms with Crippen molar-refractivity contribution in [3.63, 3.8) is 0 Å². The summed E-state index contributed by atoms with van der Waals surface area (Å²) in [4.78, 5) is 0. The third kappa shape index (κ3) is 3.44. The van der Waals surface area contributed by atoms with Crippen molar-refractivity contribution in [2.45, 2.75) is 54.8 Å². The zero-order chi connectivity index (χ0) is 15.0. The van der Waals surface area contributed by atoms with Crippen molar-refractivity contribution < 1.29 is 8.42 Å². The van der Waals surface area contributed by atoms with Gasteiger partial charge in [0.15, 0.2) is 5.03 Å². The molecule has 1 aromatic heterocycles. The van der Waals surface area contributed by atoms with Crippen LogP contribution in [0.2, 0.25) is 0 Å². The van der Waals surface area contributed by atoms with E-state index in [9.17, 15) is 8.42 Å². The second-order valence-corrected chi connectivity index (χ2v) is 9.72. The highest BCUT2D eigenvalue weighted by molar-refractivity contribution is 8.00. The molecule has 0 spiro atoms. The molecule has 1 aliphatic carbocycles. The SMILES string of the molecule is CC1CN(S(=O)(=O)c2[nH]ncc2CNC2CC2)CC(C)S1. The van der Waals surface area contributed by atoms with Crippen LogP contribution in [0.25, 0.3) is 0 Å². The maximum atomic E-state index is 12.8. The molecule has 2 aliphatic rings. The molecule has 0 amide bonds. The number of hydrogen-bond acceptors (Lipinski definition) is 5. The van der Waals surface area contributed by atoms with Crippen LogP contribution in [-0.2, 0) is 16.6 Å². The molecule has 1 aromatic rings. The fourth-order valence-electron chi connectivity index (χ4n) is 2.65. The molecule has 2 unspecified atom stereocenters. The molecule has 2 fully saturated rings. The molecule has 1 saturated carbocycles. The number of thioether (sulfide) groups is 1. The summed E-state index contributed by atoms with van der Waals surface area (Å²) in [5.41, 5.74) is 0.737. The molecule has 0 radical (unpaired) electrons. The van der Waals surface area contributed by atoms with Crippen molar-refractivity contribution in [1.29, 1.82) is 0 Å². The molecular weight excluding hydrogens is 308 g/mol. The van der Waals surface area contributed by atoms with Crippen molar-refractivity contribution in [3.8, 4) is 0 Å². The van der Waals surface area contributed by atoms with E-state index in [0.717, 1.165) is 5.56 Å². The van der Waals surface area contributed by atoms with E-state index in [0.29, 0.717) is 36.2 Å². The van der Waals surface area contributed by atoms with Crippen LogP contribution in [0.5, 0.6) is 0 Å². The summed E-state index contributed by atoms with van der Waals surface area (Å²) >= 11 is 1.84. The number of rotatable bonds is 5. The van der Waals surface area contributed by atoms with Crippen LogP contribution in [0.1, 0.15) is 32.3 Å². The van der Waals surface area contributed by atoms with E-state index in [-0.39, 0.29) is 5.03 Å². The summed E-state index contributed by atoms with van der Waals surface area (Å²) in [6.07, 6.45) is 3.98. The first kappa shape index (κ1) is 15.3. The number of sulfonamides is 1. The molecule has 1 saturated heterocycles. The van der Waals surface area contributed by atoms with Gasteiger partial charge in [-0.05, 0) is 12.8 Å². The van der Waals surface area contributed by atoms with Gasteiger partial charge in [-0.15, -0.1) is 0 Å². The largest absolute Gasteiger partial charge is 0.310 e. The molecule has 21 heavy (non-hydrogen) atoms. The van der Waals surface area contributed by atoms with Gasteiger partial charge in [0.1, 0.15) is 0 Å². The Balaban J connectivity index is 1.78. The minimum atomic E-state index is -3.48. The normalized spacial score (nSPS) is 27.9. The highest BCUT2D eigenvalue weighted by Crippen LogP contribution is 2.29. The van der Waals surface area contributed by atoms with Gasteiger partial charge in [-0.1, -0.05) is 13.8 Å². The molecule has 2 atom stereocenters. The van der Waals surface area contributed by atoms with Gasteiger partial charge >= 0.3 is 0 Å². The van der Waals surface area contributed by atoms with Gasteiger partial charge in [0.05, 0.1) is 6.20 Å². The summed E-state index contributed by atoms with van der Waals surface area (Å²) in [5, 5.41) is 10.9. The number of H-pyrrole nitrogens is 1. The summed E-state index contributed by atoms with van der Waals surface area (Å²) in [7, 11) is -3.48. The zero-order valence-electron chi connectivity index (χ0n) is 12.4. The Morgan fingerprint density at radius 1 is 1.38 bits per heavy atom. The number of aromatic amines is 1. The monoisotopic (exact) mass is 330 g/mol. The van der Waals surface area contributed by atoms with Crippen molar-refractivity contribution in [2.24, 2.45) is 0 Å². The lowest BCUT2D eigenvalue weighted by Crippen LogP contribution is -2.44. The van der Waals surface area contributed by atoms with E-state index in [1.165, 1.54) is 12.8 Å². The number of nitrogens with zero attached hydrogens (tertiary/aromatic N) is 2. The van der Waals surface area contributed by atoms with Crippen LogP contribution >= 0.6 is 11.8 Å². The second-order valence-electron chi connectivity index (χ2n) is 5.96. The summed E-state index contributed by atoms with van der Waals surface area (Å²) in [6.45, 7) is 5.83. The van der Waals surface area contributed by atoms with Crippen LogP contribution in [-0.4, -0.2) is 52.6 Å². The van der Waals surface area contributed by atoms with E-state index in [2.05, 4.69) is 29.4 Å². The van der Waals surface area contributed by atoms with E-state index in [4.69, 9.17) is 0 Å². The van der Waals surface area contributed by atoms with Gasteiger partial charge in [-0.3, -0.25) is 5.10 Å². The van der Waals surface area contributed by atoms with Crippen LogP contribution in [0.15, 0.2) is 11.2 Å². The second kappa shape index (κ2) is 5.91. The van der Waals surface area contributed by atoms with Crippen LogP contribution in [0, 0.1) is 0 Å². The van der Waals surface area contributed by atoms with E-state index < -0.39 is 10.0 Å². The molecule has 6 nitrogen and oxygen atoms in total. The Kier molecular flexibility index (Phi) is 4.31. The van der Waals surface area contributed by atoms with Crippen LogP contribution in [0.3, 0.4) is 0 Å². The predicted molar refractivity (Wildman–Crippen MR) is 83.7 cm³/mol. The van der Waals surface area contributed by atoms with E-state index in [1.807, 2.05) is 11.8 Å². The summed E-state index contributed by atoms with van der Waals surface area (Å²) < 4.78 is 27.3. The average molecular weight is 330 g/mol. The Morgan fingerprint density at radius 3 is 2.67 bits per heavy atom. The molecule has 8 heteroatoms. The number of aromatic nitrogens is 2. The Hall–Kier alpha value is -0.570. The first-order chi connectivity index (χ1) is 9.96. The predicted octanol–water partition coefficient (Wildman–Crippen LogP) is 1.18. The van der Waals surface area contributed by atoms with Gasteiger partial charge in [-0.2, -0.15) is 21.2 Å². The molecule has 2 heterocycles. The molecule has 3 rings (SSSR count). The van der Waals surface area contributed by atoms with Crippen molar-refractivity contribution >= 4 is 21.8 Å². The number of hydrogen-bond donors (Lipinski definition) is 2. The number of nitrogens with one attached hydrogen (secondary N) is 2. The zero-order valence-corrected chi connectivity index (χ0v) is 14.0. The third-order valence-corrected chi connectivity index (χ3v) is 6.90. The highest BCUT2D eigenvalue weighted by Gasteiger charge is 2.34. The quantitative estimate of drug-likeness (QED) is 0.847. The van der Waals surface area contributed by atoms with Crippen LogP contribution in [0.4, 0.5) is 0 Å². The van der Waals surface area contributed by atoms with Crippen molar-refractivity contribution in [2.75, 3.05) is 13.1 Å². The van der Waals surface area contributed by atoms with Gasteiger partial charge in [0.25, 0.3) is 10.0 Å². The fourth-order valence-corrected chi connectivity index (χ4v) is 5.88. The van der Waals surface area contributed by atoms with Gasteiger partial charge in [-0.25, -0.2) is 8.42 Å². The molecule has 0 bridgehead atoms. The lowest BCUT2D eigenvalue weighted by Gasteiger charge is -2.33. The maximum absolute atomic E-state index is 12.8. The minimum Gasteiger partial charge on any atom is -0.310 e. The fraction of sp³-hybridized carbons (Fsp3) is 0.769. The average Bonchev–Trinajstić information content (AvgIpc) is 3.11. The Morgan fingerprint density at radius 2 is 2.05 bits per heavy atom. The molecule has 2 N–H and O–H groups in total. The highest BCUT2D eigenvalue weighted by atomic mass is 32.2.